The molecular formula is C25H16ClFN2O5S. The van der Waals surface area contributed by atoms with Gasteiger partial charge < -0.3 is 9.15 Å². The Hall–Kier alpha value is -3.82. The Morgan fingerprint density at radius 1 is 1.31 bits per heavy atom. The molecule has 1 aliphatic heterocycles. The molecule has 1 atom stereocenters. The zero-order valence-electron chi connectivity index (χ0n) is 18.2. The van der Waals surface area contributed by atoms with E-state index in [4.69, 9.17) is 20.8 Å². The van der Waals surface area contributed by atoms with Gasteiger partial charge in [0.25, 0.3) is 5.91 Å². The topological polar surface area (TPSA) is 89.7 Å². The first-order valence-corrected chi connectivity index (χ1v) is 11.6. The zero-order valence-corrected chi connectivity index (χ0v) is 19.8. The maximum atomic E-state index is 13.9. The summed E-state index contributed by atoms with van der Waals surface area (Å²) in [6, 6.07) is 9.25. The smallest absolute Gasteiger partial charge is 0.350 e. The maximum absolute atomic E-state index is 13.9. The van der Waals surface area contributed by atoms with Gasteiger partial charge in [-0.15, -0.1) is 0 Å². The molecule has 2 aromatic carbocycles. The van der Waals surface area contributed by atoms with E-state index in [2.05, 4.69) is 11.6 Å². The monoisotopic (exact) mass is 510 g/mol. The fourth-order valence-corrected chi connectivity index (χ4v) is 5.20. The lowest BCUT2D eigenvalue weighted by molar-refractivity contribution is 0.0554. The third-order valence-corrected chi connectivity index (χ3v) is 6.88. The molecule has 0 saturated carbocycles. The van der Waals surface area contributed by atoms with Crippen molar-refractivity contribution in [1.82, 2.24) is 4.98 Å². The third kappa shape index (κ3) is 3.82. The Balaban J connectivity index is 1.73. The molecule has 2 aromatic heterocycles. The summed E-state index contributed by atoms with van der Waals surface area (Å²) in [6.45, 7) is 5.16. The zero-order chi connectivity index (χ0) is 24.9. The van der Waals surface area contributed by atoms with Crippen molar-refractivity contribution in [3.63, 3.8) is 0 Å². The quantitative estimate of drug-likeness (QED) is 0.262. The molecule has 0 N–H and O–H groups in total. The number of carbonyl (C=O) groups excluding carboxylic acids is 2. The van der Waals surface area contributed by atoms with Crippen molar-refractivity contribution in [2.75, 3.05) is 11.5 Å². The Morgan fingerprint density at radius 3 is 2.86 bits per heavy atom. The van der Waals surface area contributed by atoms with E-state index in [0.29, 0.717) is 16.3 Å². The number of hydrogen-bond donors (Lipinski definition) is 0. The van der Waals surface area contributed by atoms with Crippen molar-refractivity contribution in [3.05, 3.63) is 104 Å². The summed E-state index contributed by atoms with van der Waals surface area (Å²) in [5.74, 6) is -2.01. The lowest BCUT2D eigenvalue weighted by Gasteiger charge is -2.22. The van der Waals surface area contributed by atoms with E-state index >= 15 is 0 Å². The van der Waals surface area contributed by atoms with Crippen LogP contribution in [0.3, 0.4) is 0 Å². The van der Waals surface area contributed by atoms with Gasteiger partial charge in [-0.1, -0.05) is 47.7 Å². The van der Waals surface area contributed by atoms with Gasteiger partial charge in [-0.3, -0.25) is 14.5 Å². The molecule has 1 aliphatic rings. The molecule has 35 heavy (non-hydrogen) atoms. The van der Waals surface area contributed by atoms with Crippen molar-refractivity contribution >= 4 is 50.9 Å². The first-order chi connectivity index (χ1) is 16.8. The van der Waals surface area contributed by atoms with Crippen LogP contribution in [-0.4, -0.2) is 23.5 Å². The van der Waals surface area contributed by atoms with Gasteiger partial charge in [0, 0.05) is 5.02 Å². The summed E-state index contributed by atoms with van der Waals surface area (Å²) < 4.78 is 24.9. The number of nitrogens with zero attached hydrogens (tertiary/aromatic N) is 2. The van der Waals surface area contributed by atoms with Gasteiger partial charge in [0.05, 0.1) is 22.7 Å². The van der Waals surface area contributed by atoms with Crippen LogP contribution in [0.25, 0.3) is 11.0 Å². The minimum Gasteiger partial charge on any atom is -0.457 e. The lowest BCUT2D eigenvalue weighted by atomic mass is 9.99. The van der Waals surface area contributed by atoms with Crippen molar-refractivity contribution in [2.24, 2.45) is 0 Å². The molecule has 7 nitrogen and oxygen atoms in total. The molecule has 0 bridgehead atoms. The summed E-state index contributed by atoms with van der Waals surface area (Å²) in [5.41, 5.74) is 0.467. The molecule has 10 heteroatoms. The predicted molar refractivity (Wildman–Crippen MR) is 130 cm³/mol. The van der Waals surface area contributed by atoms with Gasteiger partial charge in [-0.2, -0.15) is 0 Å². The summed E-state index contributed by atoms with van der Waals surface area (Å²) in [6.07, 6.45) is 1.44. The van der Waals surface area contributed by atoms with Crippen molar-refractivity contribution in [2.45, 2.75) is 13.0 Å². The highest BCUT2D eigenvalue weighted by atomic mass is 35.5. The lowest BCUT2D eigenvalue weighted by Crippen LogP contribution is -2.29. The first-order valence-electron chi connectivity index (χ1n) is 10.4. The van der Waals surface area contributed by atoms with E-state index in [1.165, 1.54) is 17.0 Å². The van der Waals surface area contributed by atoms with Crippen molar-refractivity contribution in [3.8, 4) is 0 Å². The molecule has 5 rings (SSSR count). The second kappa shape index (κ2) is 8.75. The number of carbonyl (C=O) groups is 2. The van der Waals surface area contributed by atoms with Crippen molar-refractivity contribution < 1.29 is 23.1 Å². The Labute approximate surface area is 207 Å². The second-order valence-electron chi connectivity index (χ2n) is 7.75. The average molecular weight is 511 g/mol. The molecule has 0 saturated heterocycles. The molecule has 0 spiro atoms. The normalized spacial score (nSPS) is 14.9. The number of hydrogen-bond acceptors (Lipinski definition) is 7. The fourth-order valence-electron chi connectivity index (χ4n) is 4.01. The van der Waals surface area contributed by atoms with Crippen LogP contribution in [0, 0.1) is 12.7 Å². The fraction of sp³-hybridized carbons (Fsp3) is 0.120. The number of esters is 1. The molecule has 0 aliphatic carbocycles. The SMILES string of the molecule is C=CCOC(=O)c1sc(N2C(=O)c3oc4ccc(F)cc4c(=O)c3C2c2cccc(Cl)c2)nc1C. The number of anilines is 1. The van der Waals surface area contributed by atoms with Gasteiger partial charge in [0.15, 0.2) is 10.6 Å². The molecule has 0 radical (unpaired) electrons. The largest absolute Gasteiger partial charge is 0.457 e. The first kappa shape index (κ1) is 22.9. The van der Waals surface area contributed by atoms with Gasteiger partial charge in [-0.25, -0.2) is 14.2 Å². The number of aryl methyl sites for hydroxylation is 1. The van der Waals surface area contributed by atoms with Gasteiger partial charge in [0.1, 0.15) is 22.9 Å². The summed E-state index contributed by atoms with van der Waals surface area (Å²) in [4.78, 5) is 45.5. The molecule has 0 fully saturated rings. The van der Waals surface area contributed by atoms with E-state index in [0.717, 1.165) is 23.5 Å². The van der Waals surface area contributed by atoms with Crippen LogP contribution in [-0.2, 0) is 4.74 Å². The standard InChI is InChI=1S/C25H16ClFN2O5S/c1-3-9-33-24(32)22-12(2)28-25(35-22)29-19(13-5-4-6-14(26)10-13)18-20(30)16-11-15(27)7-8-17(16)34-21(18)23(29)31/h3-8,10-11,19H,1,9H2,2H3. The van der Waals surface area contributed by atoms with Crippen molar-refractivity contribution in [1.29, 1.82) is 0 Å². The van der Waals surface area contributed by atoms with Gasteiger partial charge in [-0.05, 0) is 42.8 Å². The second-order valence-corrected chi connectivity index (χ2v) is 9.16. The van der Waals surface area contributed by atoms with E-state index in [1.807, 2.05) is 0 Å². The third-order valence-electron chi connectivity index (χ3n) is 5.51. The highest BCUT2D eigenvalue weighted by molar-refractivity contribution is 7.17. The minimum atomic E-state index is -0.956. The summed E-state index contributed by atoms with van der Waals surface area (Å²) in [7, 11) is 0. The number of halogens is 2. The highest BCUT2D eigenvalue weighted by Gasteiger charge is 2.45. The number of fused-ring (bicyclic) bond motifs is 2. The maximum Gasteiger partial charge on any atom is 0.350 e. The Kier molecular flexibility index (Phi) is 5.74. The number of benzene rings is 2. The van der Waals surface area contributed by atoms with Crippen LogP contribution in [0.5, 0.6) is 0 Å². The molecule has 3 heterocycles. The van der Waals surface area contributed by atoms with E-state index in [1.54, 1.807) is 31.2 Å². The number of amides is 1. The van der Waals surface area contributed by atoms with Crippen LogP contribution in [0.15, 0.2) is 64.3 Å². The minimum absolute atomic E-state index is 0.00874. The average Bonchev–Trinajstić information content (AvgIpc) is 3.35. The molecule has 176 valence electrons. The summed E-state index contributed by atoms with van der Waals surface area (Å²) in [5, 5.41) is 0.571. The van der Waals surface area contributed by atoms with Crippen LogP contribution in [0.1, 0.15) is 43.1 Å². The Morgan fingerprint density at radius 2 is 2.11 bits per heavy atom. The molecule has 4 aromatic rings. The van der Waals surface area contributed by atoms with Crippen LogP contribution in [0.2, 0.25) is 5.02 Å². The molecule has 1 amide bonds. The highest BCUT2D eigenvalue weighted by Crippen LogP contribution is 2.43. The predicted octanol–water partition coefficient (Wildman–Crippen LogP) is 5.44. The van der Waals surface area contributed by atoms with Crippen LogP contribution >= 0.6 is 22.9 Å². The number of ether oxygens (including phenoxy) is 1. The number of rotatable bonds is 5. The number of aromatic nitrogens is 1. The van der Waals surface area contributed by atoms with E-state index in [-0.39, 0.29) is 38.9 Å². The van der Waals surface area contributed by atoms with E-state index in [9.17, 15) is 18.8 Å². The molecule has 1 unspecified atom stereocenters. The van der Waals surface area contributed by atoms with Crippen LogP contribution < -0.4 is 10.3 Å². The van der Waals surface area contributed by atoms with Gasteiger partial charge in [0.2, 0.25) is 5.76 Å². The van der Waals surface area contributed by atoms with E-state index < -0.39 is 29.2 Å². The van der Waals surface area contributed by atoms with Crippen LogP contribution in [0.4, 0.5) is 9.52 Å². The molecular weight excluding hydrogens is 495 g/mol. The number of thiazole rings is 1. The Bertz CT molecular complexity index is 1590. The van der Waals surface area contributed by atoms with Gasteiger partial charge >= 0.3 is 5.97 Å². The summed E-state index contributed by atoms with van der Waals surface area (Å²) >= 11 is 7.17.